The quantitative estimate of drug-likeness (QED) is 0.897. The number of rotatable bonds is 3. The van der Waals surface area contributed by atoms with Crippen molar-refractivity contribution >= 4 is 33.0 Å². The van der Waals surface area contributed by atoms with Gasteiger partial charge in [0.2, 0.25) is 10.0 Å². The highest BCUT2D eigenvalue weighted by atomic mass is 32.2. The van der Waals surface area contributed by atoms with E-state index in [1.54, 1.807) is 22.9 Å². The summed E-state index contributed by atoms with van der Waals surface area (Å²) in [5, 5.41) is 11.1. The molecule has 0 atom stereocenters. The van der Waals surface area contributed by atoms with E-state index in [1.807, 2.05) is 0 Å². The minimum atomic E-state index is -3.76. The predicted molar refractivity (Wildman–Crippen MR) is 70.1 cm³/mol. The van der Waals surface area contributed by atoms with Gasteiger partial charge in [0.05, 0.1) is 10.5 Å². The number of benzene rings is 1. The highest BCUT2D eigenvalue weighted by Crippen LogP contribution is 2.15. The van der Waals surface area contributed by atoms with Gasteiger partial charge in [-0.1, -0.05) is 6.07 Å². The molecule has 7 heteroatoms. The van der Waals surface area contributed by atoms with Crippen molar-refractivity contribution in [2.75, 3.05) is 5.32 Å². The Morgan fingerprint density at radius 1 is 1.28 bits per heavy atom. The second kappa shape index (κ2) is 4.89. The van der Waals surface area contributed by atoms with Gasteiger partial charge in [-0.05, 0) is 29.6 Å². The number of amides is 1. The van der Waals surface area contributed by atoms with Crippen molar-refractivity contribution in [3.05, 3.63) is 46.7 Å². The molecule has 0 bridgehead atoms. The first-order chi connectivity index (χ1) is 8.47. The van der Waals surface area contributed by atoms with Crippen LogP contribution in [0.3, 0.4) is 0 Å². The maximum absolute atomic E-state index is 11.8. The molecule has 0 saturated carbocycles. The highest BCUT2D eigenvalue weighted by Gasteiger charge is 2.10. The maximum atomic E-state index is 11.8. The Morgan fingerprint density at radius 3 is 2.67 bits per heavy atom. The lowest BCUT2D eigenvalue weighted by atomic mass is 10.3. The standard InChI is InChI=1S/C11H10N2O3S2/c12-18(15,16)10-3-1-2-9(6-10)13-11(14)8-4-5-17-7-8/h1-7H,(H,13,14)(H2,12,15,16). The zero-order valence-electron chi connectivity index (χ0n) is 9.16. The molecule has 94 valence electrons. The number of carbonyl (C=O) groups excluding carboxylic acids is 1. The molecule has 2 rings (SSSR count). The van der Waals surface area contributed by atoms with E-state index in [2.05, 4.69) is 5.32 Å². The Morgan fingerprint density at radius 2 is 2.06 bits per heavy atom. The van der Waals surface area contributed by atoms with Gasteiger partial charge in [-0.3, -0.25) is 4.79 Å². The van der Waals surface area contributed by atoms with Crippen LogP contribution in [0.5, 0.6) is 0 Å². The van der Waals surface area contributed by atoms with Gasteiger partial charge in [-0.25, -0.2) is 13.6 Å². The topological polar surface area (TPSA) is 89.3 Å². The Hall–Kier alpha value is -1.70. The summed E-state index contributed by atoms with van der Waals surface area (Å²) in [5.41, 5.74) is 0.915. The van der Waals surface area contributed by atoms with Crippen LogP contribution in [0.1, 0.15) is 10.4 Å². The van der Waals surface area contributed by atoms with Crippen LogP contribution in [0.15, 0.2) is 46.0 Å². The van der Waals surface area contributed by atoms with Crippen LogP contribution in [0.4, 0.5) is 5.69 Å². The second-order valence-electron chi connectivity index (χ2n) is 3.54. The summed E-state index contributed by atoms with van der Waals surface area (Å²) in [6, 6.07) is 7.49. The lowest BCUT2D eigenvalue weighted by Crippen LogP contribution is -2.14. The lowest BCUT2D eigenvalue weighted by molar-refractivity contribution is 0.102. The molecule has 0 saturated heterocycles. The largest absolute Gasteiger partial charge is 0.322 e. The Balaban J connectivity index is 2.23. The molecule has 1 heterocycles. The van der Waals surface area contributed by atoms with Crippen LogP contribution in [-0.2, 0) is 10.0 Å². The first kappa shape index (κ1) is 12.7. The number of hydrogen-bond acceptors (Lipinski definition) is 4. The molecule has 0 spiro atoms. The molecule has 0 aliphatic rings. The molecular formula is C11H10N2O3S2. The number of anilines is 1. The fraction of sp³-hybridized carbons (Fsp3) is 0. The van der Waals surface area contributed by atoms with E-state index in [4.69, 9.17) is 5.14 Å². The summed E-state index contributed by atoms with van der Waals surface area (Å²) in [7, 11) is -3.76. The number of primary sulfonamides is 1. The molecule has 0 radical (unpaired) electrons. The van der Waals surface area contributed by atoms with E-state index >= 15 is 0 Å². The third kappa shape index (κ3) is 2.95. The van der Waals surface area contributed by atoms with E-state index < -0.39 is 10.0 Å². The van der Waals surface area contributed by atoms with Gasteiger partial charge in [0.1, 0.15) is 0 Å². The van der Waals surface area contributed by atoms with Gasteiger partial charge in [-0.15, -0.1) is 0 Å². The molecule has 2 aromatic rings. The summed E-state index contributed by atoms with van der Waals surface area (Å²) in [6.45, 7) is 0. The van der Waals surface area contributed by atoms with E-state index in [0.717, 1.165) is 0 Å². The zero-order chi connectivity index (χ0) is 13.2. The average Bonchev–Trinajstić information content (AvgIpc) is 2.81. The van der Waals surface area contributed by atoms with E-state index in [0.29, 0.717) is 11.3 Å². The number of nitrogens with two attached hydrogens (primary N) is 1. The van der Waals surface area contributed by atoms with Crippen molar-refractivity contribution in [1.29, 1.82) is 0 Å². The molecule has 0 aliphatic carbocycles. The number of hydrogen-bond donors (Lipinski definition) is 2. The fourth-order valence-corrected chi connectivity index (χ4v) is 2.54. The van der Waals surface area contributed by atoms with Crippen molar-refractivity contribution in [1.82, 2.24) is 0 Å². The normalized spacial score (nSPS) is 11.2. The number of nitrogens with one attached hydrogen (secondary N) is 1. The summed E-state index contributed by atoms with van der Waals surface area (Å²) >= 11 is 1.41. The van der Waals surface area contributed by atoms with E-state index in [9.17, 15) is 13.2 Å². The maximum Gasteiger partial charge on any atom is 0.256 e. The van der Waals surface area contributed by atoms with Gasteiger partial charge < -0.3 is 5.32 Å². The first-order valence-electron chi connectivity index (χ1n) is 4.93. The molecule has 0 fully saturated rings. The predicted octanol–water partition coefficient (Wildman–Crippen LogP) is 1.65. The fourth-order valence-electron chi connectivity index (χ4n) is 1.35. The van der Waals surface area contributed by atoms with Gasteiger partial charge in [0, 0.05) is 11.1 Å². The SMILES string of the molecule is NS(=O)(=O)c1cccc(NC(=O)c2ccsc2)c1. The summed E-state index contributed by atoms with van der Waals surface area (Å²) in [4.78, 5) is 11.7. The highest BCUT2D eigenvalue weighted by molar-refractivity contribution is 7.89. The monoisotopic (exact) mass is 282 g/mol. The van der Waals surface area contributed by atoms with E-state index in [-0.39, 0.29) is 10.8 Å². The molecule has 1 aromatic heterocycles. The Bertz CT molecular complexity index is 663. The van der Waals surface area contributed by atoms with Gasteiger partial charge in [0.15, 0.2) is 0 Å². The molecule has 5 nitrogen and oxygen atoms in total. The summed E-state index contributed by atoms with van der Waals surface area (Å²) in [5.74, 6) is -0.289. The van der Waals surface area contributed by atoms with Crippen LogP contribution >= 0.6 is 11.3 Å². The zero-order valence-corrected chi connectivity index (χ0v) is 10.8. The van der Waals surface area contributed by atoms with Gasteiger partial charge in [0.25, 0.3) is 5.91 Å². The van der Waals surface area contributed by atoms with E-state index in [1.165, 1.54) is 29.5 Å². The van der Waals surface area contributed by atoms with Crippen LogP contribution < -0.4 is 10.5 Å². The minimum Gasteiger partial charge on any atom is -0.322 e. The average molecular weight is 282 g/mol. The van der Waals surface area contributed by atoms with Crippen molar-refractivity contribution in [3.8, 4) is 0 Å². The summed E-state index contributed by atoms with van der Waals surface area (Å²) in [6.07, 6.45) is 0. The third-order valence-corrected chi connectivity index (χ3v) is 3.80. The lowest BCUT2D eigenvalue weighted by Gasteiger charge is -2.05. The molecular weight excluding hydrogens is 272 g/mol. The number of carbonyl (C=O) groups is 1. The molecule has 18 heavy (non-hydrogen) atoms. The van der Waals surface area contributed by atoms with Crippen molar-refractivity contribution in [2.45, 2.75) is 4.90 Å². The van der Waals surface area contributed by atoms with Crippen LogP contribution in [0.2, 0.25) is 0 Å². The third-order valence-electron chi connectivity index (χ3n) is 2.20. The van der Waals surface area contributed by atoms with Gasteiger partial charge in [-0.2, -0.15) is 11.3 Å². The van der Waals surface area contributed by atoms with Gasteiger partial charge >= 0.3 is 0 Å². The number of thiophene rings is 1. The Kier molecular flexibility index (Phi) is 3.46. The molecule has 1 amide bonds. The molecule has 0 aliphatic heterocycles. The van der Waals surface area contributed by atoms with Crippen molar-refractivity contribution < 1.29 is 13.2 Å². The molecule has 3 N–H and O–H groups in total. The number of sulfonamides is 1. The van der Waals surface area contributed by atoms with Crippen LogP contribution in [0.25, 0.3) is 0 Å². The first-order valence-corrected chi connectivity index (χ1v) is 7.42. The van der Waals surface area contributed by atoms with Crippen molar-refractivity contribution in [3.63, 3.8) is 0 Å². The smallest absolute Gasteiger partial charge is 0.256 e. The van der Waals surface area contributed by atoms with Crippen LogP contribution in [-0.4, -0.2) is 14.3 Å². The summed E-state index contributed by atoms with van der Waals surface area (Å²) < 4.78 is 22.3. The molecule has 1 aromatic carbocycles. The second-order valence-corrected chi connectivity index (χ2v) is 5.88. The molecule has 0 unspecified atom stereocenters. The Labute approximate surface area is 108 Å². The van der Waals surface area contributed by atoms with Crippen LogP contribution in [0, 0.1) is 0 Å². The minimum absolute atomic E-state index is 0.0365. The van der Waals surface area contributed by atoms with Crippen molar-refractivity contribution in [2.24, 2.45) is 5.14 Å².